The molecule has 0 bridgehead atoms. The number of rotatable bonds is 4. The van der Waals surface area contributed by atoms with Crippen molar-refractivity contribution in [3.05, 3.63) is 70.8 Å². The van der Waals surface area contributed by atoms with E-state index in [4.69, 9.17) is 11.6 Å². The largest absolute Gasteiger partial charge is 0.387 e. The molecule has 1 N–H and O–H groups in total. The third kappa shape index (κ3) is 3.17. The summed E-state index contributed by atoms with van der Waals surface area (Å²) in [5, 5.41) is 12.2. The number of benzene rings is 1. The molecule has 1 aromatic carbocycles. The monoisotopic (exact) mass is 380 g/mol. The Morgan fingerprint density at radius 2 is 1.63 bits per heavy atom. The van der Waals surface area contributed by atoms with E-state index in [1.54, 1.807) is 0 Å². The Morgan fingerprint density at radius 1 is 0.926 bits per heavy atom. The standard InChI is InChI=1S/C23H25ClN2O/c24-21-4-2-1-3-19(21)15-7-9-17(10-8-15)23(27)22-20(16-5-6-16)12-11-18-13-25-14-26(18)22/h1-4,11-17,23,27H,5-10H2/t15-,17-,23-/m1/s1. The van der Waals surface area contributed by atoms with Crippen LogP contribution in [0.4, 0.5) is 0 Å². The van der Waals surface area contributed by atoms with Crippen molar-refractivity contribution in [2.45, 2.75) is 56.5 Å². The molecular weight excluding hydrogens is 356 g/mol. The van der Waals surface area contributed by atoms with Gasteiger partial charge in [0.25, 0.3) is 0 Å². The fourth-order valence-corrected chi connectivity index (χ4v) is 5.15. The second kappa shape index (κ2) is 6.96. The van der Waals surface area contributed by atoms with Crippen LogP contribution in [0.1, 0.15) is 73.3 Å². The predicted molar refractivity (Wildman–Crippen MR) is 108 cm³/mol. The maximum Gasteiger partial charge on any atom is 0.0995 e. The number of fused-ring (bicyclic) bond motifs is 1. The number of aliphatic hydroxyl groups is 1. The lowest BCUT2D eigenvalue weighted by molar-refractivity contribution is 0.0754. The summed E-state index contributed by atoms with van der Waals surface area (Å²) in [6.45, 7) is 0. The van der Waals surface area contributed by atoms with E-state index in [1.807, 2.05) is 24.7 Å². The minimum absolute atomic E-state index is 0.300. The van der Waals surface area contributed by atoms with E-state index in [0.717, 1.165) is 41.9 Å². The fraction of sp³-hybridized carbons (Fsp3) is 0.435. The van der Waals surface area contributed by atoms with Crippen molar-refractivity contribution in [1.29, 1.82) is 0 Å². The molecule has 2 aliphatic carbocycles. The van der Waals surface area contributed by atoms with Gasteiger partial charge < -0.3 is 9.51 Å². The molecule has 2 aromatic heterocycles. The molecule has 0 unspecified atom stereocenters. The van der Waals surface area contributed by atoms with Crippen LogP contribution in [0, 0.1) is 5.92 Å². The average Bonchev–Trinajstić information content (AvgIpc) is 3.44. The zero-order valence-electron chi connectivity index (χ0n) is 15.4. The van der Waals surface area contributed by atoms with Gasteiger partial charge in [0, 0.05) is 5.02 Å². The maximum atomic E-state index is 11.4. The van der Waals surface area contributed by atoms with Gasteiger partial charge in [-0.3, -0.25) is 0 Å². The van der Waals surface area contributed by atoms with Gasteiger partial charge >= 0.3 is 0 Å². The first-order valence-corrected chi connectivity index (χ1v) is 10.5. The Hall–Kier alpha value is -1.84. The third-order valence-electron chi connectivity index (χ3n) is 6.52. The van der Waals surface area contributed by atoms with Crippen LogP contribution in [0.15, 0.2) is 48.9 Å². The zero-order valence-corrected chi connectivity index (χ0v) is 16.1. The fourth-order valence-electron chi connectivity index (χ4n) is 4.86. The van der Waals surface area contributed by atoms with Gasteiger partial charge in [0.2, 0.25) is 0 Å². The first-order chi connectivity index (χ1) is 13.2. The van der Waals surface area contributed by atoms with Gasteiger partial charge in [-0.1, -0.05) is 35.9 Å². The van der Waals surface area contributed by atoms with Crippen molar-refractivity contribution in [2.75, 3.05) is 0 Å². The summed E-state index contributed by atoms with van der Waals surface area (Å²) in [7, 11) is 0. The molecule has 0 amide bonds. The highest BCUT2D eigenvalue weighted by atomic mass is 35.5. The molecule has 0 spiro atoms. The molecule has 2 heterocycles. The summed E-state index contributed by atoms with van der Waals surface area (Å²) >= 11 is 6.41. The SMILES string of the molecule is O[C@@H](c1c(C2CC2)ccc2cncn12)[C@H]1CC[C@H](c2ccccc2Cl)CC1. The second-order valence-corrected chi connectivity index (χ2v) is 8.62. The number of pyridine rings is 1. The van der Waals surface area contributed by atoms with Crippen molar-refractivity contribution in [3.63, 3.8) is 0 Å². The molecule has 140 valence electrons. The van der Waals surface area contributed by atoms with Gasteiger partial charge in [-0.15, -0.1) is 0 Å². The molecule has 0 radical (unpaired) electrons. The number of halogens is 1. The van der Waals surface area contributed by atoms with Crippen molar-refractivity contribution >= 4 is 17.1 Å². The van der Waals surface area contributed by atoms with Crippen molar-refractivity contribution in [3.8, 4) is 0 Å². The molecule has 2 saturated carbocycles. The zero-order chi connectivity index (χ0) is 18.4. The van der Waals surface area contributed by atoms with Crippen LogP contribution in [0.5, 0.6) is 0 Å². The molecule has 27 heavy (non-hydrogen) atoms. The molecule has 2 aliphatic rings. The van der Waals surface area contributed by atoms with E-state index in [9.17, 15) is 5.11 Å². The van der Waals surface area contributed by atoms with Crippen molar-refractivity contribution < 1.29 is 5.11 Å². The van der Waals surface area contributed by atoms with Crippen molar-refractivity contribution in [1.82, 2.24) is 9.38 Å². The smallest absolute Gasteiger partial charge is 0.0995 e. The first-order valence-electron chi connectivity index (χ1n) is 10.1. The highest BCUT2D eigenvalue weighted by molar-refractivity contribution is 6.31. The van der Waals surface area contributed by atoms with E-state index >= 15 is 0 Å². The summed E-state index contributed by atoms with van der Waals surface area (Å²) in [5.74, 6) is 1.42. The van der Waals surface area contributed by atoms with E-state index < -0.39 is 6.10 Å². The number of imidazole rings is 1. The molecule has 5 rings (SSSR count). The van der Waals surface area contributed by atoms with Crippen LogP contribution in [-0.4, -0.2) is 14.5 Å². The molecule has 2 fully saturated rings. The molecule has 1 atom stereocenters. The lowest BCUT2D eigenvalue weighted by atomic mass is 9.75. The Bertz CT molecular complexity index is 954. The van der Waals surface area contributed by atoms with Gasteiger partial charge in [-0.05, 0) is 79.5 Å². The van der Waals surface area contributed by atoms with E-state index in [2.05, 4.69) is 33.7 Å². The minimum Gasteiger partial charge on any atom is -0.387 e. The second-order valence-electron chi connectivity index (χ2n) is 8.21. The third-order valence-corrected chi connectivity index (χ3v) is 6.86. The highest BCUT2D eigenvalue weighted by Crippen LogP contribution is 2.47. The number of hydrogen-bond acceptors (Lipinski definition) is 2. The molecule has 3 aromatic rings. The average molecular weight is 381 g/mol. The predicted octanol–water partition coefficient (Wildman–Crippen LogP) is 5.87. The van der Waals surface area contributed by atoms with Crippen LogP contribution >= 0.6 is 11.6 Å². The highest BCUT2D eigenvalue weighted by Gasteiger charge is 2.34. The number of nitrogens with zero attached hydrogens (tertiary/aromatic N) is 2. The van der Waals surface area contributed by atoms with Crippen LogP contribution in [-0.2, 0) is 0 Å². The summed E-state index contributed by atoms with van der Waals surface area (Å²) in [6.07, 6.45) is 10.0. The minimum atomic E-state index is -0.425. The molecule has 0 aliphatic heterocycles. The van der Waals surface area contributed by atoms with Crippen LogP contribution < -0.4 is 0 Å². The van der Waals surface area contributed by atoms with Gasteiger partial charge in [-0.25, -0.2) is 4.98 Å². The van der Waals surface area contributed by atoms with Gasteiger partial charge in [0.05, 0.1) is 29.8 Å². The Morgan fingerprint density at radius 3 is 2.37 bits per heavy atom. The van der Waals surface area contributed by atoms with Gasteiger partial charge in [0.1, 0.15) is 0 Å². The summed E-state index contributed by atoms with van der Waals surface area (Å²) < 4.78 is 2.11. The van der Waals surface area contributed by atoms with E-state index in [-0.39, 0.29) is 0 Å². The van der Waals surface area contributed by atoms with Crippen LogP contribution in [0.25, 0.3) is 5.52 Å². The number of aromatic nitrogens is 2. The van der Waals surface area contributed by atoms with Gasteiger partial charge in [-0.2, -0.15) is 0 Å². The normalized spacial score (nSPS) is 24.2. The molecule has 3 nitrogen and oxygen atoms in total. The summed E-state index contributed by atoms with van der Waals surface area (Å²) in [4.78, 5) is 4.31. The quantitative estimate of drug-likeness (QED) is 0.614. The molecule has 0 saturated heterocycles. The molecule has 4 heteroatoms. The van der Waals surface area contributed by atoms with E-state index in [0.29, 0.717) is 17.8 Å². The number of aliphatic hydroxyl groups excluding tert-OH is 1. The molecular formula is C23H25ClN2O. The first kappa shape index (κ1) is 17.3. The Balaban J connectivity index is 1.39. The summed E-state index contributed by atoms with van der Waals surface area (Å²) in [6, 6.07) is 12.5. The van der Waals surface area contributed by atoms with Crippen LogP contribution in [0.3, 0.4) is 0 Å². The lowest BCUT2D eigenvalue weighted by Gasteiger charge is -2.33. The van der Waals surface area contributed by atoms with Crippen LogP contribution in [0.2, 0.25) is 5.02 Å². The Kier molecular flexibility index (Phi) is 4.45. The lowest BCUT2D eigenvalue weighted by Crippen LogP contribution is -2.22. The van der Waals surface area contributed by atoms with Crippen molar-refractivity contribution in [2.24, 2.45) is 5.92 Å². The number of hydrogen-bond donors (Lipinski definition) is 1. The van der Waals surface area contributed by atoms with E-state index in [1.165, 1.54) is 24.0 Å². The van der Waals surface area contributed by atoms with Gasteiger partial charge in [0.15, 0.2) is 0 Å². The summed E-state index contributed by atoms with van der Waals surface area (Å²) in [5.41, 5.74) is 4.73. The topological polar surface area (TPSA) is 37.5 Å². The Labute approximate surface area is 165 Å². The maximum absolute atomic E-state index is 11.4.